The summed E-state index contributed by atoms with van der Waals surface area (Å²) in [7, 11) is 0. The van der Waals surface area contributed by atoms with Crippen molar-refractivity contribution in [3.63, 3.8) is 0 Å². The van der Waals surface area contributed by atoms with Crippen molar-refractivity contribution in [2.24, 2.45) is 5.73 Å². The number of terminal acetylenes is 1. The molecule has 0 aliphatic carbocycles. The fourth-order valence-electron chi connectivity index (χ4n) is 1.15. The van der Waals surface area contributed by atoms with Crippen LogP contribution in [0, 0.1) is 19.3 Å². The first-order chi connectivity index (χ1) is 5.72. The van der Waals surface area contributed by atoms with E-state index in [0.717, 1.165) is 6.42 Å². The van der Waals surface area contributed by atoms with Gasteiger partial charge >= 0.3 is 0 Å². The van der Waals surface area contributed by atoms with Crippen LogP contribution in [-0.2, 0) is 6.42 Å². The van der Waals surface area contributed by atoms with Crippen LogP contribution in [-0.4, -0.2) is 6.04 Å². The largest absolute Gasteiger partial charge is 0.317 e. The van der Waals surface area contributed by atoms with Crippen LogP contribution < -0.4 is 5.73 Å². The van der Waals surface area contributed by atoms with E-state index in [9.17, 15) is 0 Å². The van der Waals surface area contributed by atoms with Gasteiger partial charge in [0.25, 0.3) is 0 Å². The Kier molecular flexibility index (Phi) is 2.90. The fraction of sp³-hybridized carbons (Fsp3) is 0.273. The Bertz CT molecular complexity index is 296. The molecule has 1 rings (SSSR count). The van der Waals surface area contributed by atoms with Gasteiger partial charge < -0.3 is 5.73 Å². The van der Waals surface area contributed by atoms with Crippen molar-refractivity contribution in [3.05, 3.63) is 35.4 Å². The third kappa shape index (κ3) is 2.41. The highest BCUT2D eigenvalue weighted by Gasteiger charge is 1.98. The number of aryl methyl sites for hydroxylation is 1. The Labute approximate surface area is 73.6 Å². The van der Waals surface area contributed by atoms with Crippen molar-refractivity contribution >= 4 is 0 Å². The SMILES string of the molecule is C#CC(N)Cc1cccc(C)c1. The Morgan fingerprint density at radius 3 is 2.92 bits per heavy atom. The summed E-state index contributed by atoms with van der Waals surface area (Å²) in [5, 5.41) is 0. The fourth-order valence-corrected chi connectivity index (χ4v) is 1.15. The zero-order valence-corrected chi connectivity index (χ0v) is 7.25. The van der Waals surface area contributed by atoms with E-state index in [1.807, 2.05) is 12.1 Å². The molecule has 0 fully saturated rings. The molecule has 1 unspecified atom stereocenters. The van der Waals surface area contributed by atoms with Gasteiger partial charge in [0.2, 0.25) is 0 Å². The zero-order valence-electron chi connectivity index (χ0n) is 7.25. The van der Waals surface area contributed by atoms with Crippen LogP contribution in [0.25, 0.3) is 0 Å². The van der Waals surface area contributed by atoms with Gasteiger partial charge in [-0.25, -0.2) is 0 Å². The molecule has 0 aliphatic rings. The van der Waals surface area contributed by atoms with Crippen LogP contribution in [0.5, 0.6) is 0 Å². The smallest absolute Gasteiger partial charge is 0.0702 e. The molecular formula is C11H13N. The predicted molar refractivity (Wildman–Crippen MR) is 51.7 cm³/mol. The molecule has 0 amide bonds. The minimum atomic E-state index is -0.160. The third-order valence-corrected chi connectivity index (χ3v) is 1.75. The number of hydrogen-bond acceptors (Lipinski definition) is 1. The summed E-state index contributed by atoms with van der Waals surface area (Å²) in [6, 6.07) is 8.08. The molecule has 0 aliphatic heterocycles. The molecule has 1 heteroatoms. The standard InChI is InChI=1S/C11H13N/c1-3-11(12)8-10-6-4-5-9(2)7-10/h1,4-7,11H,8,12H2,2H3. The van der Waals surface area contributed by atoms with Crippen LogP contribution in [0.15, 0.2) is 24.3 Å². The van der Waals surface area contributed by atoms with E-state index in [-0.39, 0.29) is 6.04 Å². The summed E-state index contributed by atoms with van der Waals surface area (Å²) < 4.78 is 0. The molecule has 1 aromatic rings. The molecule has 12 heavy (non-hydrogen) atoms. The summed E-state index contributed by atoms with van der Waals surface area (Å²) in [5.41, 5.74) is 8.07. The van der Waals surface area contributed by atoms with E-state index in [1.165, 1.54) is 11.1 Å². The lowest BCUT2D eigenvalue weighted by Gasteiger charge is -2.04. The van der Waals surface area contributed by atoms with E-state index >= 15 is 0 Å². The Morgan fingerprint density at radius 1 is 1.58 bits per heavy atom. The van der Waals surface area contributed by atoms with Gasteiger partial charge in [-0.2, -0.15) is 0 Å². The molecule has 2 N–H and O–H groups in total. The second kappa shape index (κ2) is 3.94. The molecule has 0 saturated heterocycles. The van der Waals surface area contributed by atoms with Crippen molar-refractivity contribution in [2.45, 2.75) is 19.4 Å². The lowest BCUT2D eigenvalue weighted by Crippen LogP contribution is -2.19. The molecule has 0 aromatic heterocycles. The van der Waals surface area contributed by atoms with Crippen LogP contribution in [0.2, 0.25) is 0 Å². The summed E-state index contributed by atoms with van der Waals surface area (Å²) in [6.07, 6.45) is 5.95. The Balaban J connectivity index is 2.71. The first kappa shape index (κ1) is 8.83. The molecule has 1 nitrogen and oxygen atoms in total. The van der Waals surface area contributed by atoms with Gasteiger partial charge in [0, 0.05) is 0 Å². The highest BCUT2D eigenvalue weighted by Crippen LogP contribution is 2.05. The summed E-state index contributed by atoms with van der Waals surface area (Å²) in [5.74, 6) is 2.51. The Hall–Kier alpha value is -1.26. The van der Waals surface area contributed by atoms with Gasteiger partial charge in [0.1, 0.15) is 0 Å². The van der Waals surface area contributed by atoms with Crippen LogP contribution in [0.3, 0.4) is 0 Å². The van der Waals surface area contributed by atoms with Gasteiger partial charge in [-0.15, -0.1) is 6.42 Å². The highest BCUT2D eigenvalue weighted by molar-refractivity contribution is 5.24. The lowest BCUT2D eigenvalue weighted by molar-refractivity contribution is 0.835. The summed E-state index contributed by atoms with van der Waals surface area (Å²) >= 11 is 0. The van der Waals surface area contributed by atoms with E-state index in [0.29, 0.717) is 0 Å². The van der Waals surface area contributed by atoms with Crippen molar-refractivity contribution in [1.29, 1.82) is 0 Å². The van der Waals surface area contributed by atoms with Gasteiger partial charge in [0.15, 0.2) is 0 Å². The first-order valence-corrected chi connectivity index (χ1v) is 3.99. The van der Waals surface area contributed by atoms with Crippen molar-refractivity contribution in [3.8, 4) is 12.3 Å². The minimum absolute atomic E-state index is 0.160. The van der Waals surface area contributed by atoms with Crippen molar-refractivity contribution < 1.29 is 0 Å². The molecule has 62 valence electrons. The third-order valence-electron chi connectivity index (χ3n) is 1.75. The van der Waals surface area contributed by atoms with Crippen LogP contribution >= 0.6 is 0 Å². The maximum Gasteiger partial charge on any atom is 0.0702 e. The molecule has 0 radical (unpaired) electrons. The van der Waals surface area contributed by atoms with Crippen molar-refractivity contribution in [1.82, 2.24) is 0 Å². The Morgan fingerprint density at radius 2 is 2.33 bits per heavy atom. The topological polar surface area (TPSA) is 26.0 Å². The average Bonchev–Trinajstić information content (AvgIpc) is 2.04. The second-order valence-corrected chi connectivity index (χ2v) is 2.97. The normalized spacial score (nSPS) is 12.1. The summed E-state index contributed by atoms with van der Waals surface area (Å²) in [4.78, 5) is 0. The molecular weight excluding hydrogens is 146 g/mol. The molecule has 0 bridgehead atoms. The molecule has 0 saturated carbocycles. The first-order valence-electron chi connectivity index (χ1n) is 3.99. The van der Waals surface area contributed by atoms with Gasteiger partial charge in [-0.05, 0) is 18.9 Å². The molecule has 0 spiro atoms. The molecule has 1 atom stereocenters. The van der Waals surface area contributed by atoms with Crippen LogP contribution in [0.4, 0.5) is 0 Å². The van der Waals surface area contributed by atoms with Gasteiger partial charge in [-0.1, -0.05) is 35.7 Å². The highest BCUT2D eigenvalue weighted by atomic mass is 14.6. The molecule has 0 heterocycles. The monoisotopic (exact) mass is 159 g/mol. The van der Waals surface area contributed by atoms with Crippen LogP contribution in [0.1, 0.15) is 11.1 Å². The zero-order chi connectivity index (χ0) is 8.97. The van der Waals surface area contributed by atoms with Gasteiger partial charge in [0.05, 0.1) is 6.04 Å². The number of hydrogen-bond donors (Lipinski definition) is 1. The quantitative estimate of drug-likeness (QED) is 0.650. The van der Waals surface area contributed by atoms with E-state index in [1.54, 1.807) is 0 Å². The maximum atomic E-state index is 5.62. The lowest BCUT2D eigenvalue weighted by atomic mass is 10.1. The van der Waals surface area contributed by atoms with Crippen molar-refractivity contribution in [2.75, 3.05) is 0 Å². The van der Waals surface area contributed by atoms with E-state index in [4.69, 9.17) is 12.2 Å². The number of benzene rings is 1. The summed E-state index contributed by atoms with van der Waals surface area (Å²) in [6.45, 7) is 2.06. The average molecular weight is 159 g/mol. The molecule has 1 aromatic carbocycles. The van der Waals surface area contributed by atoms with E-state index in [2.05, 4.69) is 25.0 Å². The van der Waals surface area contributed by atoms with E-state index < -0.39 is 0 Å². The maximum absolute atomic E-state index is 5.62. The predicted octanol–water partition coefficient (Wildman–Crippen LogP) is 1.50. The number of rotatable bonds is 2. The second-order valence-electron chi connectivity index (χ2n) is 2.97. The van der Waals surface area contributed by atoms with Gasteiger partial charge in [-0.3, -0.25) is 0 Å². The number of nitrogens with two attached hydrogens (primary N) is 1. The minimum Gasteiger partial charge on any atom is -0.317 e.